The predicted molar refractivity (Wildman–Crippen MR) is 80.6 cm³/mol. The normalized spacial score (nSPS) is 17.9. The van der Waals surface area contributed by atoms with Crippen molar-refractivity contribution >= 4 is 11.1 Å². The van der Waals surface area contributed by atoms with Crippen molar-refractivity contribution in [2.75, 3.05) is 26.7 Å². The van der Waals surface area contributed by atoms with Crippen molar-refractivity contribution in [2.45, 2.75) is 25.8 Å². The fourth-order valence-electron chi connectivity index (χ4n) is 2.96. The SMILES string of the molecule is CNCCC1CCN(Cc2nc3ccccc3o2)CC1. The van der Waals surface area contributed by atoms with E-state index in [2.05, 4.69) is 15.2 Å². The Morgan fingerprint density at radius 2 is 2.10 bits per heavy atom. The molecule has 1 aliphatic heterocycles. The van der Waals surface area contributed by atoms with Gasteiger partial charge in [0.25, 0.3) is 0 Å². The first-order valence-corrected chi connectivity index (χ1v) is 7.56. The van der Waals surface area contributed by atoms with Crippen LogP contribution < -0.4 is 5.32 Å². The quantitative estimate of drug-likeness (QED) is 0.909. The molecule has 3 rings (SSSR count). The molecule has 0 spiro atoms. The maximum Gasteiger partial charge on any atom is 0.209 e. The lowest BCUT2D eigenvalue weighted by molar-refractivity contribution is 0.161. The molecule has 1 fully saturated rings. The van der Waals surface area contributed by atoms with Gasteiger partial charge in [-0.1, -0.05) is 12.1 Å². The Morgan fingerprint density at radius 1 is 1.30 bits per heavy atom. The maximum absolute atomic E-state index is 5.80. The van der Waals surface area contributed by atoms with Crippen LogP contribution in [0.25, 0.3) is 11.1 Å². The van der Waals surface area contributed by atoms with E-state index in [9.17, 15) is 0 Å². The highest BCUT2D eigenvalue weighted by Crippen LogP contribution is 2.22. The average molecular weight is 273 g/mol. The van der Waals surface area contributed by atoms with Gasteiger partial charge in [0, 0.05) is 0 Å². The van der Waals surface area contributed by atoms with Crippen LogP contribution in [0.2, 0.25) is 0 Å². The van der Waals surface area contributed by atoms with Crippen molar-refractivity contribution in [3.8, 4) is 0 Å². The van der Waals surface area contributed by atoms with Crippen molar-refractivity contribution in [2.24, 2.45) is 5.92 Å². The number of likely N-dealkylation sites (tertiary alicyclic amines) is 1. The molecule has 2 heterocycles. The van der Waals surface area contributed by atoms with Crippen LogP contribution in [0.3, 0.4) is 0 Å². The molecule has 0 bridgehead atoms. The summed E-state index contributed by atoms with van der Waals surface area (Å²) in [6.07, 6.45) is 3.89. The molecule has 108 valence electrons. The van der Waals surface area contributed by atoms with Gasteiger partial charge >= 0.3 is 0 Å². The minimum atomic E-state index is 0.841. The number of piperidine rings is 1. The van der Waals surface area contributed by atoms with E-state index >= 15 is 0 Å². The number of para-hydroxylation sites is 2. The van der Waals surface area contributed by atoms with Crippen LogP contribution >= 0.6 is 0 Å². The number of oxazole rings is 1. The van der Waals surface area contributed by atoms with Crippen LogP contribution in [0.15, 0.2) is 28.7 Å². The molecule has 0 radical (unpaired) electrons. The van der Waals surface area contributed by atoms with E-state index in [1.54, 1.807) is 0 Å². The van der Waals surface area contributed by atoms with E-state index < -0.39 is 0 Å². The summed E-state index contributed by atoms with van der Waals surface area (Å²) in [5.74, 6) is 1.72. The molecule has 0 aliphatic carbocycles. The van der Waals surface area contributed by atoms with E-state index in [0.29, 0.717) is 0 Å². The van der Waals surface area contributed by atoms with E-state index in [1.165, 1.54) is 19.3 Å². The number of fused-ring (bicyclic) bond motifs is 1. The summed E-state index contributed by atoms with van der Waals surface area (Å²) in [7, 11) is 2.03. The third-order valence-electron chi connectivity index (χ3n) is 4.21. The summed E-state index contributed by atoms with van der Waals surface area (Å²) in [6.45, 7) is 4.30. The Bertz CT molecular complexity index is 510. The van der Waals surface area contributed by atoms with Gasteiger partial charge in [-0.05, 0) is 64.0 Å². The van der Waals surface area contributed by atoms with E-state index in [1.807, 2.05) is 31.3 Å². The summed E-state index contributed by atoms with van der Waals surface area (Å²) in [5.41, 5.74) is 1.86. The van der Waals surface area contributed by atoms with Gasteiger partial charge in [-0.15, -0.1) is 0 Å². The smallest absolute Gasteiger partial charge is 0.209 e. The highest BCUT2D eigenvalue weighted by molar-refractivity contribution is 5.72. The van der Waals surface area contributed by atoms with Crippen LogP contribution in [0, 0.1) is 5.92 Å². The summed E-state index contributed by atoms with van der Waals surface area (Å²) >= 11 is 0. The minimum absolute atomic E-state index is 0.841. The van der Waals surface area contributed by atoms with Crippen LogP contribution in [0.1, 0.15) is 25.2 Å². The molecule has 1 aromatic carbocycles. The van der Waals surface area contributed by atoms with Gasteiger partial charge in [-0.25, -0.2) is 4.98 Å². The molecule has 4 heteroatoms. The third-order valence-corrected chi connectivity index (χ3v) is 4.21. The van der Waals surface area contributed by atoms with Crippen molar-refractivity contribution in [3.05, 3.63) is 30.2 Å². The van der Waals surface area contributed by atoms with E-state index in [0.717, 1.165) is 49.1 Å². The molecular weight excluding hydrogens is 250 g/mol. The fourth-order valence-corrected chi connectivity index (χ4v) is 2.96. The molecule has 1 aliphatic rings. The Hall–Kier alpha value is -1.39. The molecule has 4 nitrogen and oxygen atoms in total. The monoisotopic (exact) mass is 273 g/mol. The number of rotatable bonds is 5. The Kier molecular flexibility index (Phi) is 4.33. The van der Waals surface area contributed by atoms with Crippen LogP contribution in [0.4, 0.5) is 0 Å². The highest BCUT2D eigenvalue weighted by Gasteiger charge is 2.20. The van der Waals surface area contributed by atoms with Gasteiger partial charge in [0.15, 0.2) is 5.58 Å². The van der Waals surface area contributed by atoms with Crippen molar-refractivity contribution in [3.63, 3.8) is 0 Å². The highest BCUT2D eigenvalue weighted by atomic mass is 16.3. The Balaban J connectivity index is 1.54. The van der Waals surface area contributed by atoms with Gasteiger partial charge in [0.2, 0.25) is 5.89 Å². The van der Waals surface area contributed by atoms with Crippen LogP contribution in [-0.4, -0.2) is 36.6 Å². The van der Waals surface area contributed by atoms with Crippen molar-refractivity contribution < 1.29 is 4.42 Å². The number of benzene rings is 1. The molecule has 0 saturated carbocycles. The van der Waals surface area contributed by atoms with Gasteiger partial charge < -0.3 is 9.73 Å². The average Bonchev–Trinajstić information content (AvgIpc) is 2.89. The largest absolute Gasteiger partial charge is 0.439 e. The first-order valence-electron chi connectivity index (χ1n) is 7.56. The molecule has 1 N–H and O–H groups in total. The lowest BCUT2D eigenvalue weighted by Crippen LogP contribution is -2.34. The molecule has 2 aromatic rings. The van der Waals surface area contributed by atoms with E-state index in [4.69, 9.17) is 4.42 Å². The van der Waals surface area contributed by atoms with Gasteiger partial charge in [-0.2, -0.15) is 0 Å². The van der Waals surface area contributed by atoms with Crippen molar-refractivity contribution in [1.82, 2.24) is 15.2 Å². The standard InChI is InChI=1S/C16H23N3O/c1-17-9-6-13-7-10-19(11-8-13)12-16-18-14-4-2-3-5-15(14)20-16/h2-5,13,17H,6-12H2,1H3. The molecule has 1 aromatic heterocycles. The summed E-state index contributed by atoms with van der Waals surface area (Å²) in [4.78, 5) is 7.02. The van der Waals surface area contributed by atoms with Gasteiger partial charge in [0.1, 0.15) is 5.52 Å². The summed E-state index contributed by atoms with van der Waals surface area (Å²) in [5, 5.41) is 3.24. The topological polar surface area (TPSA) is 41.3 Å². The minimum Gasteiger partial charge on any atom is -0.439 e. The number of nitrogens with zero attached hydrogens (tertiary/aromatic N) is 2. The second-order valence-corrected chi connectivity index (χ2v) is 5.69. The summed E-state index contributed by atoms with van der Waals surface area (Å²) in [6, 6.07) is 7.98. The Labute approximate surface area is 120 Å². The Morgan fingerprint density at radius 3 is 2.85 bits per heavy atom. The van der Waals surface area contributed by atoms with Crippen LogP contribution in [-0.2, 0) is 6.54 Å². The van der Waals surface area contributed by atoms with Gasteiger partial charge in [0.05, 0.1) is 6.54 Å². The molecule has 1 saturated heterocycles. The molecule has 0 amide bonds. The number of nitrogens with one attached hydrogen (secondary N) is 1. The molecule has 20 heavy (non-hydrogen) atoms. The van der Waals surface area contributed by atoms with Crippen LogP contribution in [0.5, 0.6) is 0 Å². The summed E-state index contributed by atoms with van der Waals surface area (Å²) < 4.78 is 5.80. The van der Waals surface area contributed by atoms with E-state index in [-0.39, 0.29) is 0 Å². The zero-order valence-electron chi connectivity index (χ0n) is 12.1. The fraction of sp³-hybridized carbons (Fsp3) is 0.562. The predicted octanol–water partition coefficient (Wildman–Crippen LogP) is 2.65. The maximum atomic E-state index is 5.80. The molecule has 0 atom stereocenters. The zero-order chi connectivity index (χ0) is 13.8. The first kappa shape index (κ1) is 13.6. The first-order chi connectivity index (χ1) is 9.85. The lowest BCUT2D eigenvalue weighted by atomic mass is 9.93. The van der Waals surface area contributed by atoms with Crippen molar-refractivity contribution in [1.29, 1.82) is 0 Å². The third kappa shape index (κ3) is 3.19. The second kappa shape index (κ2) is 6.37. The lowest BCUT2D eigenvalue weighted by Gasteiger charge is -2.31. The number of hydrogen-bond acceptors (Lipinski definition) is 4. The molecular formula is C16H23N3O. The van der Waals surface area contributed by atoms with Gasteiger partial charge in [-0.3, -0.25) is 4.90 Å². The number of hydrogen-bond donors (Lipinski definition) is 1. The second-order valence-electron chi connectivity index (χ2n) is 5.69. The molecule has 0 unspecified atom stereocenters. The number of aromatic nitrogens is 1. The zero-order valence-corrected chi connectivity index (χ0v) is 12.1.